The van der Waals surface area contributed by atoms with Crippen LogP contribution in [0.15, 0.2) is 30.3 Å². The highest BCUT2D eigenvalue weighted by Crippen LogP contribution is 2.29. The number of nitrogens with one attached hydrogen (secondary N) is 2. The zero-order chi connectivity index (χ0) is 20.0. The normalized spacial score (nSPS) is 15.5. The molecular weight excluding hydrogens is 360 g/mol. The number of hydrogen-bond donors (Lipinski definition) is 3. The molecule has 1 aliphatic carbocycles. The lowest BCUT2D eigenvalue weighted by atomic mass is 9.81. The van der Waals surface area contributed by atoms with Crippen LogP contribution in [0.4, 0.5) is 17.6 Å². The average Bonchev–Trinajstić information content (AvgIpc) is 2.66. The summed E-state index contributed by atoms with van der Waals surface area (Å²) < 4.78 is 5.44. The first-order valence-electron chi connectivity index (χ1n) is 9.25. The Hall–Kier alpha value is -3.23. The number of carbonyl (C=O) groups excluding carboxylic acids is 2. The Morgan fingerprint density at radius 1 is 1.11 bits per heavy atom. The van der Waals surface area contributed by atoms with E-state index in [0.717, 1.165) is 24.9 Å². The standard InChI is InChI=1S/C19H24N6O3/c1-13(26)25-19(10-6-3-7-11-19)16(27)28-12-15-22-17(20)24-18(23-15)21-14-8-4-2-5-9-14/h2,4-5,8-9H,3,6-7,10-12H2,1H3,(H,25,26)(H3,20,21,22,23,24). The van der Waals surface area contributed by atoms with E-state index in [1.807, 2.05) is 30.3 Å². The van der Waals surface area contributed by atoms with E-state index in [0.29, 0.717) is 12.8 Å². The third kappa shape index (κ3) is 4.93. The van der Waals surface area contributed by atoms with Gasteiger partial charge < -0.3 is 21.1 Å². The summed E-state index contributed by atoms with van der Waals surface area (Å²) in [4.78, 5) is 36.6. The van der Waals surface area contributed by atoms with Crippen molar-refractivity contribution in [2.45, 2.75) is 51.2 Å². The van der Waals surface area contributed by atoms with Gasteiger partial charge in [-0.1, -0.05) is 37.5 Å². The first-order valence-corrected chi connectivity index (χ1v) is 9.25. The fraction of sp³-hybridized carbons (Fsp3) is 0.421. The molecule has 1 heterocycles. The number of nitrogens with zero attached hydrogens (tertiary/aromatic N) is 3. The Morgan fingerprint density at radius 2 is 1.82 bits per heavy atom. The van der Waals surface area contributed by atoms with Crippen LogP contribution in [-0.2, 0) is 20.9 Å². The third-order valence-corrected chi connectivity index (χ3v) is 4.57. The number of para-hydroxylation sites is 1. The van der Waals surface area contributed by atoms with Crippen LogP contribution < -0.4 is 16.4 Å². The molecule has 0 atom stereocenters. The fourth-order valence-electron chi connectivity index (χ4n) is 3.35. The van der Waals surface area contributed by atoms with Crippen molar-refractivity contribution in [1.29, 1.82) is 0 Å². The summed E-state index contributed by atoms with van der Waals surface area (Å²) in [6, 6.07) is 9.37. The Bertz CT molecular complexity index is 837. The Morgan fingerprint density at radius 3 is 2.50 bits per heavy atom. The van der Waals surface area contributed by atoms with E-state index in [-0.39, 0.29) is 30.2 Å². The van der Waals surface area contributed by atoms with Gasteiger partial charge in [-0.15, -0.1) is 0 Å². The molecule has 0 spiro atoms. The molecule has 28 heavy (non-hydrogen) atoms. The van der Waals surface area contributed by atoms with Crippen LogP contribution in [0, 0.1) is 0 Å². The number of amides is 1. The minimum absolute atomic E-state index is 0.0220. The third-order valence-electron chi connectivity index (χ3n) is 4.57. The van der Waals surface area contributed by atoms with Gasteiger partial charge in [0.2, 0.25) is 17.8 Å². The zero-order valence-electron chi connectivity index (χ0n) is 15.8. The van der Waals surface area contributed by atoms with Gasteiger partial charge in [-0.05, 0) is 25.0 Å². The second-order valence-electron chi connectivity index (χ2n) is 6.82. The summed E-state index contributed by atoms with van der Waals surface area (Å²) in [7, 11) is 0. The number of anilines is 3. The number of esters is 1. The van der Waals surface area contributed by atoms with Gasteiger partial charge >= 0.3 is 5.97 Å². The van der Waals surface area contributed by atoms with Crippen LogP contribution in [0.2, 0.25) is 0 Å². The molecule has 9 heteroatoms. The molecule has 2 aromatic rings. The predicted octanol–water partition coefficient (Wildman–Crippen LogP) is 2.08. The summed E-state index contributed by atoms with van der Waals surface area (Å²) >= 11 is 0. The molecule has 0 bridgehead atoms. The maximum atomic E-state index is 12.7. The van der Waals surface area contributed by atoms with Crippen LogP contribution in [0.5, 0.6) is 0 Å². The Balaban J connectivity index is 1.69. The lowest BCUT2D eigenvalue weighted by molar-refractivity contribution is -0.156. The van der Waals surface area contributed by atoms with Crippen LogP contribution in [0.1, 0.15) is 44.9 Å². The topological polar surface area (TPSA) is 132 Å². The van der Waals surface area contributed by atoms with Crippen LogP contribution in [0.3, 0.4) is 0 Å². The molecule has 1 saturated carbocycles. The summed E-state index contributed by atoms with van der Waals surface area (Å²) in [5.74, 6) is -0.211. The van der Waals surface area contributed by atoms with Crippen LogP contribution in [-0.4, -0.2) is 32.4 Å². The van der Waals surface area contributed by atoms with Gasteiger partial charge in [-0.3, -0.25) is 4.79 Å². The molecule has 1 amide bonds. The Labute approximate surface area is 163 Å². The molecule has 3 rings (SSSR count). The second-order valence-corrected chi connectivity index (χ2v) is 6.82. The van der Waals surface area contributed by atoms with Gasteiger partial charge in [-0.2, -0.15) is 15.0 Å². The Kier molecular flexibility index (Phi) is 6.03. The zero-order valence-corrected chi connectivity index (χ0v) is 15.8. The number of carbonyl (C=O) groups is 2. The van der Waals surface area contributed by atoms with E-state index in [4.69, 9.17) is 10.5 Å². The molecule has 1 aromatic heterocycles. The molecule has 1 aromatic carbocycles. The summed E-state index contributed by atoms with van der Waals surface area (Å²) in [5.41, 5.74) is 5.57. The number of hydrogen-bond acceptors (Lipinski definition) is 8. The summed E-state index contributed by atoms with van der Waals surface area (Å²) in [6.45, 7) is 1.24. The molecule has 148 valence electrons. The highest BCUT2D eigenvalue weighted by atomic mass is 16.5. The van der Waals surface area contributed by atoms with E-state index in [1.165, 1.54) is 6.92 Å². The number of nitrogens with two attached hydrogens (primary N) is 1. The van der Waals surface area contributed by atoms with Gasteiger partial charge in [0.15, 0.2) is 12.4 Å². The monoisotopic (exact) mass is 384 g/mol. The van der Waals surface area contributed by atoms with Crippen molar-refractivity contribution in [3.05, 3.63) is 36.2 Å². The molecule has 9 nitrogen and oxygen atoms in total. The van der Waals surface area contributed by atoms with Crippen molar-refractivity contribution in [3.63, 3.8) is 0 Å². The molecule has 4 N–H and O–H groups in total. The largest absolute Gasteiger partial charge is 0.456 e. The van der Waals surface area contributed by atoms with Crippen molar-refractivity contribution in [2.24, 2.45) is 0 Å². The van der Waals surface area contributed by atoms with Gasteiger partial charge in [0.1, 0.15) is 5.54 Å². The van der Waals surface area contributed by atoms with Crippen LogP contribution in [0.25, 0.3) is 0 Å². The van der Waals surface area contributed by atoms with E-state index >= 15 is 0 Å². The van der Waals surface area contributed by atoms with Gasteiger partial charge in [0.05, 0.1) is 0 Å². The van der Waals surface area contributed by atoms with Crippen molar-refractivity contribution in [3.8, 4) is 0 Å². The molecule has 0 radical (unpaired) electrons. The fourth-order valence-corrected chi connectivity index (χ4v) is 3.35. The predicted molar refractivity (Wildman–Crippen MR) is 103 cm³/mol. The molecule has 0 unspecified atom stereocenters. The quantitative estimate of drug-likeness (QED) is 0.645. The lowest BCUT2D eigenvalue weighted by Gasteiger charge is -2.35. The SMILES string of the molecule is CC(=O)NC1(C(=O)OCc2nc(N)nc(Nc3ccccc3)n2)CCCCC1. The molecule has 1 aliphatic rings. The average molecular weight is 384 g/mol. The molecule has 1 fully saturated rings. The van der Waals surface area contributed by atoms with Crippen molar-refractivity contribution < 1.29 is 14.3 Å². The lowest BCUT2D eigenvalue weighted by Crippen LogP contribution is -2.55. The van der Waals surface area contributed by atoms with E-state index < -0.39 is 11.5 Å². The number of aromatic nitrogens is 3. The minimum Gasteiger partial charge on any atom is -0.456 e. The first-order chi connectivity index (χ1) is 13.5. The van der Waals surface area contributed by atoms with Gasteiger partial charge in [0.25, 0.3) is 0 Å². The van der Waals surface area contributed by atoms with Crippen molar-refractivity contribution in [1.82, 2.24) is 20.3 Å². The first kappa shape index (κ1) is 19.5. The number of nitrogen functional groups attached to an aromatic ring is 1. The number of ether oxygens (including phenoxy) is 1. The van der Waals surface area contributed by atoms with E-state index in [9.17, 15) is 9.59 Å². The second kappa shape index (κ2) is 8.64. The number of rotatable bonds is 6. The van der Waals surface area contributed by atoms with Gasteiger partial charge in [-0.25, -0.2) is 4.79 Å². The molecule has 0 saturated heterocycles. The minimum atomic E-state index is -0.978. The highest BCUT2D eigenvalue weighted by Gasteiger charge is 2.41. The van der Waals surface area contributed by atoms with Gasteiger partial charge in [0, 0.05) is 12.6 Å². The molecule has 0 aliphatic heterocycles. The van der Waals surface area contributed by atoms with Crippen molar-refractivity contribution >= 4 is 29.5 Å². The van der Waals surface area contributed by atoms with E-state index in [1.54, 1.807) is 0 Å². The summed E-state index contributed by atoms with van der Waals surface area (Å²) in [6.07, 6.45) is 3.88. The van der Waals surface area contributed by atoms with Crippen molar-refractivity contribution in [2.75, 3.05) is 11.1 Å². The number of benzene rings is 1. The van der Waals surface area contributed by atoms with Crippen LogP contribution >= 0.6 is 0 Å². The maximum absolute atomic E-state index is 12.7. The summed E-state index contributed by atoms with van der Waals surface area (Å²) in [5, 5.41) is 5.81. The smallest absolute Gasteiger partial charge is 0.332 e. The molecular formula is C19H24N6O3. The highest BCUT2D eigenvalue weighted by molar-refractivity contribution is 5.87. The maximum Gasteiger partial charge on any atom is 0.332 e. The van der Waals surface area contributed by atoms with E-state index in [2.05, 4.69) is 25.6 Å².